The summed E-state index contributed by atoms with van der Waals surface area (Å²) in [6.07, 6.45) is 1.25. The molecule has 1 aliphatic carbocycles. The van der Waals surface area contributed by atoms with Crippen LogP contribution in [0.4, 0.5) is 10.3 Å². The summed E-state index contributed by atoms with van der Waals surface area (Å²) >= 11 is 0. The lowest BCUT2D eigenvalue weighted by Gasteiger charge is -2.39. The van der Waals surface area contributed by atoms with Crippen molar-refractivity contribution in [2.45, 2.75) is 32.7 Å². The van der Waals surface area contributed by atoms with Gasteiger partial charge in [0.1, 0.15) is 5.82 Å². The normalized spacial score (nSPS) is 21.0. The molecule has 5 rings (SSSR count). The summed E-state index contributed by atoms with van der Waals surface area (Å²) < 4.78 is 16.1. The highest BCUT2D eigenvalue weighted by Crippen LogP contribution is 2.47. The van der Waals surface area contributed by atoms with Crippen molar-refractivity contribution in [1.82, 2.24) is 9.55 Å². The van der Waals surface area contributed by atoms with Crippen LogP contribution in [0, 0.1) is 11.2 Å². The Hall–Kier alpha value is -2.95. The summed E-state index contributed by atoms with van der Waals surface area (Å²) in [5, 5.41) is 3.41. The lowest BCUT2D eigenvalue weighted by atomic mass is 9.73. The van der Waals surface area contributed by atoms with Gasteiger partial charge in [-0.15, -0.1) is 0 Å². The molecule has 0 saturated carbocycles. The molecule has 1 aromatic heterocycles. The minimum Gasteiger partial charge on any atom is -0.329 e. The molecule has 1 unspecified atom stereocenters. The number of carbonyl (C=O) groups is 1. The zero-order valence-corrected chi connectivity index (χ0v) is 15.3. The number of Topliss-reactive ketones (excluding diaryl/α,β-unsaturated/α-hetero) is 1. The van der Waals surface area contributed by atoms with Crippen molar-refractivity contribution >= 4 is 22.8 Å². The highest BCUT2D eigenvalue weighted by molar-refractivity contribution is 6.00. The number of imidazole rings is 1. The second-order valence-electron chi connectivity index (χ2n) is 8.21. The molecule has 5 heteroatoms. The fourth-order valence-corrected chi connectivity index (χ4v) is 4.41. The van der Waals surface area contributed by atoms with Gasteiger partial charge in [0.05, 0.1) is 17.1 Å². The number of carbonyl (C=O) groups excluding carboxylic acids is 1. The molecule has 0 amide bonds. The van der Waals surface area contributed by atoms with E-state index in [-0.39, 0.29) is 23.1 Å². The van der Waals surface area contributed by atoms with E-state index in [2.05, 4.69) is 19.2 Å². The van der Waals surface area contributed by atoms with Crippen LogP contribution in [0.15, 0.2) is 59.8 Å². The number of aromatic nitrogens is 2. The molecule has 0 radical (unpaired) electrons. The second kappa shape index (κ2) is 5.52. The van der Waals surface area contributed by atoms with Crippen LogP contribution in [0.1, 0.15) is 38.3 Å². The number of nitrogens with zero attached hydrogens (tertiary/aromatic N) is 2. The minimum absolute atomic E-state index is 0.108. The third-order valence-corrected chi connectivity index (χ3v) is 5.47. The Labute approximate surface area is 156 Å². The molecule has 4 nitrogen and oxygen atoms in total. The number of fused-ring (bicyclic) bond motifs is 3. The highest BCUT2D eigenvalue weighted by Gasteiger charge is 2.41. The molecular formula is C22H20FN3O. The molecule has 1 N–H and O–H groups in total. The quantitative estimate of drug-likeness (QED) is 0.675. The van der Waals surface area contributed by atoms with Crippen molar-refractivity contribution in [3.63, 3.8) is 0 Å². The zero-order valence-electron chi connectivity index (χ0n) is 15.3. The SMILES string of the molecule is CC1(C)CC(=O)C2=C(C1)Nc1nc3ccccc3n1C2c1cccc(F)c1. The zero-order chi connectivity index (χ0) is 18.8. The summed E-state index contributed by atoms with van der Waals surface area (Å²) in [5.41, 5.74) is 4.08. The molecule has 2 aliphatic rings. The molecule has 2 heterocycles. The molecule has 0 saturated heterocycles. The van der Waals surface area contributed by atoms with Crippen LogP contribution in [0.3, 0.4) is 0 Å². The number of ketones is 1. The van der Waals surface area contributed by atoms with Crippen LogP contribution in [0.25, 0.3) is 11.0 Å². The van der Waals surface area contributed by atoms with E-state index in [4.69, 9.17) is 4.98 Å². The largest absolute Gasteiger partial charge is 0.329 e. The third-order valence-electron chi connectivity index (χ3n) is 5.47. The summed E-state index contributed by atoms with van der Waals surface area (Å²) in [5.74, 6) is 0.517. The van der Waals surface area contributed by atoms with Crippen LogP contribution in [0.2, 0.25) is 0 Å². The van der Waals surface area contributed by atoms with E-state index < -0.39 is 0 Å². The Kier molecular flexibility index (Phi) is 3.32. The second-order valence-corrected chi connectivity index (χ2v) is 8.21. The average Bonchev–Trinajstić information content (AvgIpc) is 2.96. The number of para-hydroxylation sites is 2. The first-order valence-electron chi connectivity index (χ1n) is 9.19. The average molecular weight is 361 g/mol. The topological polar surface area (TPSA) is 46.9 Å². The van der Waals surface area contributed by atoms with Crippen molar-refractivity contribution < 1.29 is 9.18 Å². The molecule has 27 heavy (non-hydrogen) atoms. The smallest absolute Gasteiger partial charge is 0.209 e. The number of nitrogens with one attached hydrogen (secondary N) is 1. The van der Waals surface area contributed by atoms with Gasteiger partial charge in [0, 0.05) is 17.7 Å². The number of hydrogen-bond donors (Lipinski definition) is 1. The van der Waals surface area contributed by atoms with Crippen LogP contribution >= 0.6 is 0 Å². The van der Waals surface area contributed by atoms with E-state index in [0.29, 0.717) is 12.4 Å². The lowest BCUT2D eigenvalue weighted by molar-refractivity contribution is -0.118. The van der Waals surface area contributed by atoms with Crippen molar-refractivity contribution in [2.75, 3.05) is 5.32 Å². The standard InChI is InChI=1S/C22H20FN3O/c1-22(2)11-16-19(18(27)12-22)20(13-6-5-7-14(23)10-13)26-17-9-4-3-8-15(17)24-21(26)25-16/h3-10,20H,11-12H2,1-2H3,(H,24,25). The lowest BCUT2D eigenvalue weighted by Crippen LogP contribution is -2.36. The number of allylic oxidation sites excluding steroid dienone is 2. The van der Waals surface area contributed by atoms with Gasteiger partial charge in [-0.3, -0.25) is 9.36 Å². The van der Waals surface area contributed by atoms with Gasteiger partial charge in [-0.05, 0) is 41.7 Å². The molecule has 0 bridgehead atoms. The minimum atomic E-state index is -0.372. The summed E-state index contributed by atoms with van der Waals surface area (Å²) in [4.78, 5) is 17.9. The molecular weight excluding hydrogens is 341 g/mol. The van der Waals surface area contributed by atoms with Crippen LogP contribution in [-0.2, 0) is 4.79 Å². The Morgan fingerprint density at radius 3 is 2.78 bits per heavy atom. The Morgan fingerprint density at radius 1 is 1.15 bits per heavy atom. The fraction of sp³-hybridized carbons (Fsp3) is 0.273. The van der Waals surface area contributed by atoms with Gasteiger partial charge < -0.3 is 5.32 Å². The summed E-state index contributed by atoms with van der Waals surface area (Å²) in [7, 11) is 0. The van der Waals surface area contributed by atoms with Gasteiger partial charge in [-0.1, -0.05) is 38.1 Å². The molecule has 0 spiro atoms. The first kappa shape index (κ1) is 16.2. The van der Waals surface area contributed by atoms with Gasteiger partial charge >= 0.3 is 0 Å². The highest BCUT2D eigenvalue weighted by atomic mass is 19.1. The fourth-order valence-electron chi connectivity index (χ4n) is 4.41. The van der Waals surface area contributed by atoms with Crippen molar-refractivity contribution in [2.24, 2.45) is 5.41 Å². The van der Waals surface area contributed by atoms with E-state index in [1.54, 1.807) is 6.07 Å². The van der Waals surface area contributed by atoms with Gasteiger partial charge in [0.25, 0.3) is 0 Å². The van der Waals surface area contributed by atoms with E-state index in [9.17, 15) is 9.18 Å². The predicted molar refractivity (Wildman–Crippen MR) is 103 cm³/mol. The first-order valence-corrected chi connectivity index (χ1v) is 9.19. The van der Waals surface area contributed by atoms with Gasteiger partial charge in [0.2, 0.25) is 5.95 Å². The number of benzene rings is 2. The van der Waals surface area contributed by atoms with Gasteiger partial charge in [0.15, 0.2) is 5.78 Å². The number of hydrogen-bond acceptors (Lipinski definition) is 3. The van der Waals surface area contributed by atoms with Crippen molar-refractivity contribution in [1.29, 1.82) is 0 Å². The number of rotatable bonds is 1. The Bertz CT molecular complexity index is 1130. The maximum atomic E-state index is 14.0. The number of halogens is 1. The molecule has 0 fully saturated rings. The van der Waals surface area contributed by atoms with Crippen molar-refractivity contribution in [3.05, 3.63) is 71.2 Å². The Morgan fingerprint density at radius 2 is 1.96 bits per heavy atom. The maximum absolute atomic E-state index is 14.0. The van der Waals surface area contributed by atoms with E-state index in [1.165, 1.54) is 12.1 Å². The van der Waals surface area contributed by atoms with Crippen LogP contribution < -0.4 is 5.32 Å². The van der Waals surface area contributed by atoms with Crippen LogP contribution in [0.5, 0.6) is 0 Å². The number of anilines is 1. The van der Waals surface area contributed by atoms with E-state index >= 15 is 0 Å². The molecule has 1 aliphatic heterocycles. The Balaban J connectivity index is 1.80. The van der Waals surface area contributed by atoms with Gasteiger partial charge in [-0.2, -0.15) is 0 Å². The van der Waals surface area contributed by atoms with Crippen LogP contribution in [-0.4, -0.2) is 15.3 Å². The summed E-state index contributed by atoms with van der Waals surface area (Å²) in [6, 6.07) is 14.0. The first-order chi connectivity index (χ1) is 12.9. The molecule has 2 aromatic carbocycles. The molecule has 136 valence electrons. The molecule has 3 aromatic rings. The monoisotopic (exact) mass is 361 g/mol. The predicted octanol–water partition coefficient (Wildman–Crippen LogP) is 4.83. The van der Waals surface area contributed by atoms with Crippen molar-refractivity contribution in [3.8, 4) is 0 Å². The third kappa shape index (κ3) is 2.49. The summed E-state index contributed by atoms with van der Waals surface area (Å²) in [6.45, 7) is 4.20. The van der Waals surface area contributed by atoms with E-state index in [0.717, 1.165) is 34.3 Å². The van der Waals surface area contributed by atoms with E-state index in [1.807, 2.05) is 34.9 Å². The maximum Gasteiger partial charge on any atom is 0.209 e. The molecule has 1 atom stereocenters. The van der Waals surface area contributed by atoms with Gasteiger partial charge in [-0.25, -0.2) is 9.37 Å².